The van der Waals surface area contributed by atoms with Crippen LogP contribution in [-0.4, -0.2) is 24.1 Å². The van der Waals surface area contributed by atoms with Crippen LogP contribution in [0.25, 0.3) is 10.9 Å². The summed E-state index contributed by atoms with van der Waals surface area (Å²) in [4.78, 5) is 4.48. The molecule has 0 radical (unpaired) electrons. The summed E-state index contributed by atoms with van der Waals surface area (Å²) in [6.45, 7) is 2.86. The summed E-state index contributed by atoms with van der Waals surface area (Å²) in [6.07, 6.45) is 0. The van der Waals surface area contributed by atoms with Gasteiger partial charge in [-0.3, -0.25) is 15.4 Å². The number of pyridine rings is 1. The SMILES string of the molecule is Cc1ccc2cc(CNN(C)C)ccc2n1. The first kappa shape index (κ1) is 11.0. The topological polar surface area (TPSA) is 28.2 Å². The quantitative estimate of drug-likeness (QED) is 0.795. The molecule has 0 atom stereocenters. The number of aromatic nitrogens is 1. The van der Waals surface area contributed by atoms with Crippen molar-refractivity contribution in [1.29, 1.82) is 0 Å². The van der Waals surface area contributed by atoms with Crippen LogP contribution in [0.4, 0.5) is 0 Å². The number of hydrazine groups is 1. The van der Waals surface area contributed by atoms with E-state index in [0.717, 1.165) is 17.8 Å². The second-order valence-corrected chi connectivity index (χ2v) is 4.21. The van der Waals surface area contributed by atoms with E-state index in [1.54, 1.807) is 0 Å². The minimum absolute atomic E-state index is 0.844. The van der Waals surface area contributed by atoms with E-state index in [2.05, 4.69) is 34.7 Å². The fourth-order valence-electron chi connectivity index (χ4n) is 1.64. The molecular formula is C13H17N3. The Hall–Kier alpha value is -1.45. The van der Waals surface area contributed by atoms with Crippen molar-refractivity contribution in [1.82, 2.24) is 15.4 Å². The maximum Gasteiger partial charge on any atom is 0.0705 e. The fourth-order valence-corrected chi connectivity index (χ4v) is 1.64. The molecule has 0 spiro atoms. The third kappa shape index (κ3) is 2.56. The average molecular weight is 215 g/mol. The number of rotatable bonds is 3. The number of nitrogens with zero attached hydrogens (tertiary/aromatic N) is 2. The maximum absolute atomic E-state index is 4.48. The molecule has 0 bridgehead atoms. The van der Waals surface area contributed by atoms with Gasteiger partial charge in [0.1, 0.15) is 0 Å². The zero-order chi connectivity index (χ0) is 11.5. The summed E-state index contributed by atoms with van der Waals surface area (Å²) in [7, 11) is 3.98. The molecule has 1 heterocycles. The molecule has 0 fully saturated rings. The predicted octanol–water partition coefficient (Wildman–Crippen LogP) is 2.11. The largest absolute Gasteiger partial charge is 0.253 e. The van der Waals surface area contributed by atoms with Gasteiger partial charge in [0.2, 0.25) is 0 Å². The van der Waals surface area contributed by atoms with Crippen LogP contribution in [0.15, 0.2) is 30.3 Å². The molecule has 3 nitrogen and oxygen atoms in total. The summed E-state index contributed by atoms with van der Waals surface area (Å²) in [5, 5.41) is 3.15. The minimum atomic E-state index is 0.844. The molecule has 16 heavy (non-hydrogen) atoms. The van der Waals surface area contributed by atoms with Crippen LogP contribution in [0.2, 0.25) is 0 Å². The summed E-state index contributed by atoms with van der Waals surface area (Å²) >= 11 is 0. The lowest BCUT2D eigenvalue weighted by Gasteiger charge is -2.12. The Bertz CT molecular complexity index is 492. The van der Waals surface area contributed by atoms with Gasteiger partial charge < -0.3 is 0 Å². The predicted molar refractivity (Wildman–Crippen MR) is 67.0 cm³/mol. The Kier molecular flexibility index (Phi) is 3.17. The Labute approximate surface area is 96.1 Å². The molecule has 2 rings (SSSR count). The van der Waals surface area contributed by atoms with Crippen LogP contribution >= 0.6 is 0 Å². The Morgan fingerprint density at radius 3 is 2.75 bits per heavy atom. The molecule has 1 aromatic heterocycles. The third-order valence-electron chi connectivity index (χ3n) is 2.49. The molecule has 1 N–H and O–H groups in total. The van der Waals surface area contributed by atoms with Crippen molar-refractivity contribution < 1.29 is 0 Å². The van der Waals surface area contributed by atoms with Gasteiger partial charge in [-0.2, -0.15) is 0 Å². The zero-order valence-corrected chi connectivity index (χ0v) is 9.99. The Balaban J connectivity index is 2.26. The van der Waals surface area contributed by atoms with Crippen molar-refractivity contribution >= 4 is 10.9 Å². The molecular weight excluding hydrogens is 198 g/mol. The van der Waals surface area contributed by atoms with Gasteiger partial charge in [0, 0.05) is 31.7 Å². The summed E-state index contributed by atoms with van der Waals surface area (Å²) in [5.41, 5.74) is 6.65. The normalized spacial score (nSPS) is 11.2. The van der Waals surface area contributed by atoms with Crippen molar-refractivity contribution in [2.75, 3.05) is 14.1 Å². The second kappa shape index (κ2) is 4.60. The molecule has 0 saturated heterocycles. The number of benzene rings is 1. The molecule has 0 unspecified atom stereocenters. The van der Waals surface area contributed by atoms with Crippen molar-refractivity contribution in [3.63, 3.8) is 0 Å². The van der Waals surface area contributed by atoms with E-state index in [-0.39, 0.29) is 0 Å². The van der Waals surface area contributed by atoms with Gasteiger partial charge in [-0.25, -0.2) is 0 Å². The number of hydrogen-bond donors (Lipinski definition) is 1. The molecule has 3 heteroatoms. The molecule has 0 amide bonds. The van der Waals surface area contributed by atoms with Gasteiger partial charge in [0.25, 0.3) is 0 Å². The smallest absolute Gasteiger partial charge is 0.0705 e. The third-order valence-corrected chi connectivity index (χ3v) is 2.49. The lowest BCUT2D eigenvalue weighted by atomic mass is 10.1. The Morgan fingerprint density at radius 2 is 2.00 bits per heavy atom. The number of hydrogen-bond acceptors (Lipinski definition) is 3. The molecule has 0 saturated carbocycles. The summed E-state index contributed by atoms with van der Waals surface area (Å²) in [6, 6.07) is 10.5. The highest BCUT2D eigenvalue weighted by molar-refractivity contribution is 5.79. The zero-order valence-electron chi connectivity index (χ0n) is 9.99. The first-order valence-corrected chi connectivity index (χ1v) is 5.42. The van der Waals surface area contributed by atoms with Crippen molar-refractivity contribution in [2.45, 2.75) is 13.5 Å². The molecule has 1 aromatic carbocycles. The van der Waals surface area contributed by atoms with E-state index in [4.69, 9.17) is 0 Å². The highest BCUT2D eigenvalue weighted by Crippen LogP contribution is 2.14. The van der Waals surface area contributed by atoms with Gasteiger partial charge in [-0.05, 0) is 30.7 Å². The van der Waals surface area contributed by atoms with Gasteiger partial charge in [-0.15, -0.1) is 0 Å². The fraction of sp³-hybridized carbons (Fsp3) is 0.308. The van der Waals surface area contributed by atoms with E-state index in [0.29, 0.717) is 0 Å². The van der Waals surface area contributed by atoms with Crippen LogP contribution in [-0.2, 0) is 6.54 Å². The molecule has 84 valence electrons. The van der Waals surface area contributed by atoms with E-state index in [9.17, 15) is 0 Å². The highest BCUT2D eigenvalue weighted by atomic mass is 15.5. The lowest BCUT2D eigenvalue weighted by molar-refractivity contribution is 0.286. The van der Waals surface area contributed by atoms with Crippen molar-refractivity contribution in [3.05, 3.63) is 41.6 Å². The lowest BCUT2D eigenvalue weighted by Crippen LogP contribution is -2.29. The van der Waals surface area contributed by atoms with Crippen molar-refractivity contribution in [2.24, 2.45) is 0 Å². The van der Waals surface area contributed by atoms with Gasteiger partial charge in [0.05, 0.1) is 5.52 Å². The molecule has 0 aliphatic heterocycles. The molecule has 2 aromatic rings. The first-order valence-electron chi connectivity index (χ1n) is 5.42. The van der Waals surface area contributed by atoms with E-state index in [1.807, 2.05) is 32.1 Å². The van der Waals surface area contributed by atoms with Crippen LogP contribution in [0.3, 0.4) is 0 Å². The Morgan fingerprint density at radius 1 is 1.19 bits per heavy atom. The highest BCUT2D eigenvalue weighted by Gasteiger charge is 1.98. The average Bonchev–Trinajstić information content (AvgIpc) is 2.26. The van der Waals surface area contributed by atoms with E-state index >= 15 is 0 Å². The standard InChI is InChI=1S/C13H17N3/c1-10-4-6-12-8-11(9-14-16(2)3)5-7-13(12)15-10/h4-8,14H,9H2,1-3H3. The number of nitrogens with one attached hydrogen (secondary N) is 1. The second-order valence-electron chi connectivity index (χ2n) is 4.21. The van der Waals surface area contributed by atoms with Crippen LogP contribution in [0.5, 0.6) is 0 Å². The first-order chi connectivity index (χ1) is 7.65. The summed E-state index contributed by atoms with van der Waals surface area (Å²) < 4.78 is 0. The number of fused-ring (bicyclic) bond motifs is 1. The van der Waals surface area contributed by atoms with Crippen LogP contribution in [0, 0.1) is 6.92 Å². The van der Waals surface area contributed by atoms with Gasteiger partial charge >= 0.3 is 0 Å². The van der Waals surface area contributed by atoms with E-state index < -0.39 is 0 Å². The van der Waals surface area contributed by atoms with Crippen LogP contribution < -0.4 is 5.43 Å². The molecule has 0 aliphatic carbocycles. The monoisotopic (exact) mass is 215 g/mol. The van der Waals surface area contributed by atoms with Crippen LogP contribution in [0.1, 0.15) is 11.3 Å². The van der Waals surface area contributed by atoms with Gasteiger partial charge in [0.15, 0.2) is 0 Å². The molecule has 0 aliphatic rings. The number of aryl methyl sites for hydroxylation is 1. The minimum Gasteiger partial charge on any atom is -0.253 e. The van der Waals surface area contributed by atoms with Crippen molar-refractivity contribution in [3.8, 4) is 0 Å². The van der Waals surface area contributed by atoms with E-state index in [1.165, 1.54) is 10.9 Å². The maximum atomic E-state index is 4.48. The summed E-state index contributed by atoms with van der Waals surface area (Å²) in [5.74, 6) is 0. The van der Waals surface area contributed by atoms with Gasteiger partial charge in [-0.1, -0.05) is 12.1 Å².